The van der Waals surface area contributed by atoms with Crippen molar-refractivity contribution in [3.05, 3.63) is 41.3 Å². The first kappa shape index (κ1) is 22.3. The SMILES string of the molecule is CN(C)CCCN=Cc1ccc(-c2nc(NCCCN(C)C)nc3sccc23)cc1. The molecular weight excluding hydrogens is 392 g/mol. The third kappa shape index (κ3) is 6.58. The Bertz CT molecular complexity index is 946. The van der Waals surface area contributed by atoms with Gasteiger partial charge in [0.1, 0.15) is 4.83 Å². The normalized spacial score (nSPS) is 11.9. The molecule has 3 rings (SSSR count). The molecule has 3 aromatic rings. The van der Waals surface area contributed by atoms with E-state index >= 15 is 0 Å². The van der Waals surface area contributed by atoms with Crippen LogP contribution in [0.15, 0.2) is 40.7 Å². The second-order valence-electron chi connectivity index (χ2n) is 7.93. The Balaban J connectivity index is 1.70. The number of thiophene rings is 1. The van der Waals surface area contributed by atoms with Crippen molar-refractivity contribution in [2.45, 2.75) is 12.8 Å². The van der Waals surface area contributed by atoms with Gasteiger partial charge in [-0.1, -0.05) is 24.3 Å². The molecule has 0 atom stereocenters. The van der Waals surface area contributed by atoms with E-state index in [0.717, 1.165) is 66.1 Å². The summed E-state index contributed by atoms with van der Waals surface area (Å²) in [4.78, 5) is 19.4. The van der Waals surface area contributed by atoms with E-state index in [1.54, 1.807) is 11.3 Å². The molecule has 0 aliphatic rings. The number of nitrogens with zero attached hydrogens (tertiary/aromatic N) is 5. The van der Waals surface area contributed by atoms with Gasteiger partial charge >= 0.3 is 0 Å². The highest BCUT2D eigenvalue weighted by molar-refractivity contribution is 7.16. The smallest absolute Gasteiger partial charge is 0.224 e. The van der Waals surface area contributed by atoms with E-state index in [-0.39, 0.29) is 0 Å². The first-order valence-corrected chi connectivity index (χ1v) is 11.3. The molecule has 1 aromatic carbocycles. The maximum Gasteiger partial charge on any atom is 0.224 e. The van der Waals surface area contributed by atoms with Crippen LogP contribution in [0, 0.1) is 0 Å². The van der Waals surface area contributed by atoms with Gasteiger partial charge in [-0.3, -0.25) is 4.99 Å². The van der Waals surface area contributed by atoms with E-state index < -0.39 is 0 Å². The zero-order valence-corrected chi connectivity index (χ0v) is 19.2. The third-order valence-corrected chi connectivity index (χ3v) is 5.51. The number of fused-ring (bicyclic) bond motifs is 1. The number of hydrogen-bond donors (Lipinski definition) is 1. The van der Waals surface area contributed by atoms with Gasteiger partial charge in [0.2, 0.25) is 5.95 Å². The van der Waals surface area contributed by atoms with Gasteiger partial charge < -0.3 is 15.1 Å². The molecule has 2 aromatic heterocycles. The molecule has 0 amide bonds. The average Bonchev–Trinajstić information content (AvgIpc) is 3.19. The van der Waals surface area contributed by atoms with Crippen LogP contribution in [0.5, 0.6) is 0 Å². The lowest BCUT2D eigenvalue weighted by molar-refractivity contribution is 0.403. The number of hydrogen-bond acceptors (Lipinski definition) is 7. The zero-order valence-electron chi connectivity index (χ0n) is 18.4. The molecule has 0 unspecified atom stereocenters. The maximum absolute atomic E-state index is 4.83. The summed E-state index contributed by atoms with van der Waals surface area (Å²) in [5, 5.41) is 6.56. The first-order chi connectivity index (χ1) is 14.5. The van der Waals surface area contributed by atoms with Crippen molar-refractivity contribution in [2.75, 3.05) is 59.7 Å². The molecule has 0 saturated heterocycles. The van der Waals surface area contributed by atoms with Crippen LogP contribution in [0.3, 0.4) is 0 Å². The summed E-state index contributed by atoms with van der Waals surface area (Å²) < 4.78 is 0. The van der Waals surface area contributed by atoms with Gasteiger partial charge in [0.15, 0.2) is 0 Å². The Morgan fingerprint density at radius 1 is 0.967 bits per heavy atom. The van der Waals surface area contributed by atoms with Gasteiger partial charge in [0.25, 0.3) is 0 Å². The minimum absolute atomic E-state index is 0.699. The molecule has 30 heavy (non-hydrogen) atoms. The molecule has 7 heteroatoms. The molecule has 0 aliphatic carbocycles. The molecule has 0 fully saturated rings. The number of rotatable bonds is 11. The lowest BCUT2D eigenvalue weighted by atomic mass is 10.1. The second-order valence-corrected chi connectivity index (χ2v) is 8.83. The van der Waals surface area contributed by atoms with Gasteiger partial charge in [0.05, 0.1) is 5.69 Å². The van der Waals surface area contributed by atoms with E-state index in [1.165, 1.54) is 0 Å². The lowest BCUT2D eigenvalue weighted by Crippen LogP contribution is -2.17. The minimum atomic E-state index is 0.699. The largest absolute Gasteiger partial charge is 0.354 e. The standard InChI is InChI=1S/C23H32N6S/c1-28(2)14-5-12-24-17-18-7-9-19(10-8-18)21-20-11-16-30-22(20)27-23(26-21)25-13-6-15-29(3)4/h7-11,16-17H,5-6,12-15H2,1-4H3,(H,25,26,27). The quantitative estimate of drug-likeness (QED) is 0.371. The summed E-state index contributed by atoms with van der Waals surface area (Å²) in [6.07, 6.45) is 4.08. The van der Waals surface area contributed by atoms with Crippen molar-refractivity contribution >= 4 is 33.7 Å². The van der Waals surface area contributed by atoms with E-state index in [9.17, 15) is 0 Å². The number of nitrogens with one attached hydrogen (secondary N) is 1. The van der Waals surface area contributed by atoms with Crippen LogP contribution >= 0.6 is 11.3 Å². The maximum atomic E-state index is 4.83. The van der Waals surface area contributed by atoms with Crippen molar-refractivity contribution in [3.63, 3.8) is 0 Å². The van der Waals surface area contributed by atoms with Crippen LogP contribution in [0.4, 0.5) is 5.95 Å². The molecule has 0 radical (unpaired) electrons. The van der Waals surface area contributed by atoms with Gasteiger partial charge in [0, 0.05) is 30.3 Å². The van der Waals surface area contributed by atoms with Crippen molar-refractivity contribution in [2.24, 2.45) is 4.99 Å². The molecule has 6 nitrogen and oxygen atoms in total. The zero-order chi connectivity index (χ0) is 21.3. The van der Waals surface area contributed by atoms with Crippen LogP contribution in [0.1, 0.15) is 18.4 Å². The highest BCUT2D eigenvalue weighted by atomic mass is 32.1. The third-order valence-electron chi connectivity index (χ3n) is 4.71. The second kappa shape index (κ2) is 11.2. The molecule has 0 spiro atoms. The molecule has 0 aliphatic heterocycles. The molecule has 0 saturated carbocycles. The summed E-state index contributed by atoms with van der Waals surface area (Å²) in [7, 11) is 8.35. The van der Waals surface area contributed by atoms with Gasteiger partial charge in [-0.2, -0.15) is 0 Å². The number of anilines is 1. The molecule has 160 valence electrons. The van der Waals surface area contributed by atoms with Crippen molar-refractivity contribution in [1.82, 2.24) is 19.8 Å². The van der Waals surface area contributed by atoms with Crippen molar-refractivity contribution < 1.29 is 0 Å². The predicted molar refractivity (Wildman–Crippen MR) is 130 cm³/mol. The van der Waals surface area contributed by atoms with E-state index in [4.69, 9.17) is 4.98 Å². The monoisotopic (exact) mass is 424 g/mol. The van der Waals surface area contributed by atoms with E-state index in [1.807, 2.05) is 6.21 Å². The summed E-state index contributed by atoms with van der Waals surface area (Å²) in [6, 6.07) is 10.6. The predicted octanol–water partition coefficient (Wildman–Crippen LogP) is 4.09. The molecular formula is C23H32N6S. The van der Waals surface area contributed by atoms with Crippen LogP contribution in [-0.4, -0.2) is 80.4 Å². The molecule has 0 bridgehead atoms. The fraction of sp³-hybridized carbons (Fsp3) is 0.435. The number of aromatic nitrogens is 2. The minimum Gasteiger partial charge on any atom is -0.354 e. The first-order valence-electron chi connectivity index (χ1n) is 10.4. The molecule has 2 heterocycles. The lowest BCUT2D eigenvalue weighted by Gasteiger charge is -2.11. The fourth-order valence-electron chi connectivity index (χ4n) is 3.13. The van der Waals surface area contributed by atoms with Crippen LogP contribution < -0.4 is 5.32 Å². The number of benzene rings is 1. The van der Waals surface area contributed by atoms with E-state index in [0.29, 0.717) is 5.95 Å². The average molecular weight is 425 g/mol. The van der Waals surface area contributed by atoms with Gasteiger partial charge in [-0.15, -0.1) is 11.3 Å². The van der Waals surface area contributed by atoms with Crippen LogP contribution in [0.25, 0.3) is 21.5 Å². The number of aliphatic imine (C=N–C) groups is 1. The Kier molecular flexibility index (Phi) is 8.30. The summed E-state index contributed by atoms with van der Waals surface area (Å²) >= 11 is 1.65. The summed E-state index contributed by atoms with van der Waals surface area (Å²) in [5.74, 6) is 0.699. The Labute approximate surface area is 183 Å². The Morgan fingerprint density at radius 2 is 1.70 bits per heavy atom. The highest BCUT2D eigenvalue weighted by Gasteiger charge is 2.11. The van der Waals surface area contributed by atoms with E-state index in [2.05, 4.69) is 89.0 Å². The Hall–Kier alpha value is -2.35. The topological polar surface area (TPSA) is 56.7 Å². The van der Waals surface area contributed by atoms with Crippen molar-refractivity contribution in [3.8, 4) is 11.3 Å². The molecule has 1 N–H and O–H groups in total. The highest BCUT2D eigenvalue weighted by Crippen LogP contribution is 2.30. The summed E-state index contributed by atoms with van der Waals surface area (Å²) in [6.45, 7) is 3.81. The Morgan fingerprint density at radius 3 is 2.43 bits per heavy atom. The van der Waals surface area contributed by atoms with Crippen molar-refractivity contribution in [1.29, 1.82) is 0 Å². The fourth-order valence-corrected chi connectivity index (χ4v) is 3.89. The summed E-state index contributed by atoms with van der Waals surface area (Å²) in [5.41, 5.74) is 3.19. The van der Waals surface area contributed by atoms with Crippen LogP contribution in [0.2, 0.25) is 0 Å². The van der Waals surface area contributed by atoms with Gasteiger partial charge in [-0.25, -0.2) is 9.97 Å². The van der Waals surface area contributed by atoms with Crippen LogP contribution in [-0.2, 0) is 0 Å². The van der Waals surface area contributed by atoms with Gasteiger partial charge in [-0.05, 0) is 71.1 Å².